The molecule has 1 heterocycles. The Morgan fingerprint density at radius 2 is 1.89 bits per heavy atom. The van der Waals surface area contributed by atoms with E-state index in [0.717, 1.165) is 6.42 Å². The van der Waals surface area contributed by atoms with Gasteiger partial charge < -0.3 is 10.8 Å². The van der Waals surface area contributed by atoms with E-state index >= 15 is 0 Å². The molecule has 1 aromatic heterocycles. The molecule has 0 aromatic carbocycles. The third-order valence-electron chi connectivity index (χ3n) is 1.77. The van der Waals surface area contributed by atoms with Crippen molar-refractivity contribution >= 4 is 5.97 Å². The Balaban J connectivity index is 0.000000399. The lowest BCUT2D eigenvalue weighted by Crippen LogP contribution is -2.21. The van der Waals surface area contributed by atoms with E-state index in [1.165, 1.54) is 0 Å². The summed E-state index contributed by atoms with van der Waals surface area (Å²) >= 11 is 0. The van der Waals surface area contributed by atoms with E-state index in [1.54, 1.807) is 0 Å². The number of aromatic nitrogens is 4. The van der Waals surface area contributed by atoms with Crippen molar-refractivity contribution in [2.75, 3.05) is 0 Å². The van der Waals surface area contributed by atoms with Gasteiger partial charge in [0.1, 0.15) is 0 Å². The van der Waals surface area contributed by atoms with Crippen LogP contribution in [0.1, 0.15) is 39.1 Å². The van der Waals surface area contributed by atoms with Crippen molar-refractivity contribution in [2.45, 2.75) is 39.4 Å². The van der Waals surface area contributed by atoms with Crippen LogP contribution in [0, 0.1) is 5.41 Å². The van der Waals surface area contributed by atoms with E-state index in [-0.39, 0.29) is 11.5 Å². The highest BCUT2D eigenvalue weighted by Crippen LogP contribution is 2.25. The molecular weight excluding hydrogens is 267 g/mol. The summed E-state index contributed by atoms with van der Waals surface area (Å²) in [6.45, 7) is 6.40. The van der Waals surface area contributed by atoms with Crippen LogP contribution >= 0.6 is 0 Å². The summed E-state index contributed by atoms with van der Waals surface area (Å²) in [5.41, 5.74) is 6.04. The Hall–Kier alpha value is -1.71. The molecule has 0 aliphatic heterocycles. The standard InChI is InChI=1S/C7H15N5.C2HF3O2/c1-7(2,3)4-5(8)6-9-11-12-10-6;3-2(4,5)1(6)7/h5H,4,8H2,1-3H3,(H,9,10,11,12);(H,6,7)/t5-;/m0./s1. The Labute approximate surface area is 107 Å². The van der Waals surface area contributed by atoms with E-state index in [2.05, 4.69) is 41.4 Å². The highest BCUT2D eigenvalue weighted by Gasteiger charge is 2.38. The molecule has 0 fully saturated rings. The maximum Gasteiger partial charge on any atom is 0.490 e. The number of nitrogens with zero attached hydrogens (tertiary/aromatic N) is 3. The van der Waals surface area contributed by atoms with E-state index in [1.807, 2.05) is 0 Å². The number of hydrogen-bond acceptors (Lipinski definition) is 5. The van der Waals surface area contributed by atoms with Crippen molar-refractivity contribution in [3.63, 3.8) is 0 Å². The monoisotopic (exact) mass is 283 g/mol. The fraction of sp³-hybridized carbons (Fsp3) is 0.778. The molecule has 1 rings (SSSR count). The number of tetrazole rings is 1. The average Bonchev–Trinajstić information content (AvgIpc) is 2.66. The molecule has 0 saturated carbocycles. The molecule has 0 radical (unpaired) electrons. The normalized spacial score (nSPS) is 13.4. The third-order valence-corrected chi connectivity index (χ3v) is 1.77. The molecular formula is C9H16F3N5O2. The molecule has 10 heteroatoms. The molecule has 0 aliphatic carbocycles. The second kappa shape index (κ2) is 6.45. The van der Waals surface area contributed by atoms with Crippen LogP contribution in [-0.2, 0) is 4.79 Å². The van der Waals surface area contributed by atoms with Crippen molar-refractivity contribution < 1.29 is 23.1 Å². The first-order valence-corrected chi connectivity index (χ1v) is 5.22. The molecule has 0 saturated heterocycles. The van der Waals surface area contributed by atoms with Crippen molar-refractivity contribution in [1.82, 2.24) is 20.6 Å². The summed E-state index contributed by atoms with van der Waals surface area (Å²) in [6.07, 6.45) is -4.23. The second-order valence-electron chi connectivity index (χ2n) is 4.94. The minimum atomic E-state index is -5.08. The molecule has 1 aromatic rings. The van der Waals surface area contributed by atoms with Crippen LogP contribution in [0.25, 0.3) is 0 Å². The minimum absolute atomic E-state index is 0.122. The van der Waals surface area contributed by atoms with Crippen LogP contribution in [0.3, 0.4) is 0 Å². The van der Waals surface area contributed by atoms with Gasteiger partial charge in [-0.3, -0.25) is 0 Å². The van der Waals surface area contributed by atoms with E-state index in [9.17, 15) is 13.2 Å². The number of alkyl halides is 3. The van der Waals surface area contributed by atoms with Crippen LogP contribution in [0.5, 0.6) is 0 Å². The van der Waals surface area contributed by atoms with Crippen LogP contribution < -0.4 is 5.73 Å². The second-order valence-corrected chi connectivity index (χ2v) is 4.94. The summed E-state index contributed by atoms with van der Waals surface area (Å²) in [5.74, 6) is -2.17. The summed E-state index contributed by atoms with van der Waals surface area (Å²) in [7, 11) is 0. The van der Waals surface area contributed by atoms with Crippen molar-refractivity contribution in [3.05, 3.63) is 5.82 Å². The van der Waals surface area contributed by atoms with Crippen molar-refractivity contribution in [3.8, 4) is 0 Å². The van der Waals surface area contributed by atoms with Crippen molar-refractivity contribution in [1.29, 1.82) is 0 Å². The minimum Gasteiger partial charge on any atom is -0.475 e. The molecule has 0 spiro atoms. The highest BCUT2D eigenvalue weighted by atomic mass is 19.4. The number of halogens is 3. The largest absolute Gasteiger partial charge is 0.490 e. The van der Waals surface area contributed by atoms with E-state index < -0.39 is 12.1 Å². The van der Waals surface area contributed by atoms with Gasteiger partial charge in [0.25, 0.3) is 0 Å². The van der Waals surface area contributed by atoms with Gasteiger partial charge in [0, 0.05) is 0 Å². The number of nitrogens with one attached hydrogen (secondary N) is 1. The fourth-order valence-corrected chi connectivity index (χ4v) is 1.08. The number of aromatic amines is 1. The number of carboxylic acids is 1. The first-order valence-electron chi connectivity index (χ1n) is 5.22. The van der Waals surface area contributed by atoms with Gasteiger partial charge in [0.15, 0.2) is 5.82 Å². The van der Waals surface area contributed by atoms with Gasteiger partial charge >= 0.3 is 12.1 Å². The first-order chi connectivity index (χ1) is 8.43. The summed E-state index contributed by atoms with van der Waals surface area (Å²) in [5, 5.41) is 20.6. The van der Waals surface area contributed by atoms with Gasteiger partial charge in [-0.25, -0.2) is 4.79 Å². The summed E-state index contributed by atoms with van der Waals surface area (Å²) in [4.78, 5) is 8.90. The number of carbonyl (C=O) groups is 1. The SMILES string of the molecule is CC(C)(C)C[C@H](N)c1nn[nH]n1.O=C(O)C(F)(F)F. The zero-order valence-electron chi connectivity index (χ0n) is 10.7. The lowest BCUT2D eigenvalue weighted by molar-refractivity contribution is -0.192. The number of nitrogens with two attached hydrogens (primary N) is 1. The van der Waals surface area contributed by atoms with Gasteiger partial charge in [0.05, 0.1) is 6.04 Å². The maximum absolute atomic E-state index is 10.6. The molecule has 19 heavy (non-hydrogen) atoms. The quantitative estimate of drug-likeness (QED) is 0.752. The van der Waals surface area contributed by atoms with Gasteiger partial charge in [0.2, 0.25) is 0 Å². The van der Waals surface area contributed by atoms with E-state index in [4.69, 9.17) is 15.6 Å². The number of carboxylic acid groups (broad SMARTS) is 1. The number of hydrogen-bond donors (Lipinski definition) is 3. The highest BCUT2D eigenvalue weighted by molar-refractivity contribution is 5.73. The molecule has 0 amide bonds. The summed E-state index contributed by atoms with van der Waals surface area (Å²) < 4.78 is 31.7. The topological polar surface area (TPSA) is 118 Å². The van der Waals surface area contributed by atoms with Crippen LogP contribution in [0.4, 0.5) is 13.2 Å². The average molecular weight is 283 g/mol. The molecule has 0 unspecified atom stereocenters. The van der Waals surface area contributed by atoms with Gasteiger partial charge in [-0.05, 0) is 11.8 Å². The number of rotatable bonds is 2. The fourth-order valence-electron chi connectivity index (χ4n) is 1.08. The zero-order chi connectivity index (χ0) is 15.3. The third kappa shape index (κ3) is 8.08. The molecule has 0 aliphatic rings. The molecule has 1 atom stereocenters. The maximum atomic E-state index is 10.6. The van der Waals surface area contributed by atoms with Crippen LogP contribution in [-0.4, -0.2) is 37.9 Å². The van der Waals surface area contributed by atoms with Crippen LogP contribution in [0.2, 0.25) is 0 Å². The predicted octanol–water partition coefficient (Wildman–Crippen LogP) is 1.27. The lowest BCUT2D eigenvalue weighted by Gasteiger charge is -2.20. The Morgan fingerprint density at radius 3 is 2.16 bits per heavy atom. The van der Waals surface area contributed by atoms with E-state index in [0.29, 0.717) is 5.82 Å². The van der Waals surface area contributed by atoms with Gasteiger partial charge in [-0.15, -0.1) is 10.2 Å². The zero-order valence-corrected chi connectivity index (χ0v) is 10.7. The smallest absolute Gasteiger partial charge is 0.475 e. The molecule has 110 valence electrons. The summed E-state index contributed by atoms with van der Waals surface area (Å²) in [6, 6.07) is -0.122. The Morgan fingerprint density at radius 1 is 1.42 bits per heavy atom. The molecule has 4 N–H and O–H groups in total. The molecule has 0 bridgehead atoms. The van der Waals surface area contributed by atoms with Crippen molar-refractivity contribution in [2.24, 2.45) is 11.1 Å². The molecule has 7 nitrogen and oxygen atoms in total. The van der Waals surface area contributed by atoms with Crippen LogP contribution in [0.15, 0.2) is 0 Å². The lowest BCUT2D eigenvalue weighted by atomic mass is 9.88. The number of H-pyrrole nitrogens is 1. The Bertz CT molecular complexity index is 386. The first kappa shape index (κ1) is 17.3. The predicted molar refractivity (Wildman–Crippen MR) is 58.9 cm³/mol. The number of aliphatic carboxylic acids is 1. The Kier molecular flexibility index (Phi) is 5.87. The van der Waals surface area contributed by atoms with Gasteiger partial charge in [-0.2, -0.15) is 18.4 Å². The van der Waals surface area contributed by atoms with Gasteiger partial charge in [-0.1, -0.05) is 26.0 Å².